The summed E-state index contributed by atoms with van der Waals surface area (Å²) < 4.78 is 9.07. The lowest BCUT2D eigenvalue weighted by Gasteiger charge is -2.22. The van der Waals surface area contributed by atoms with E-state index in [1.165, 1.54) is 42.4 Å². The first-order chi connectivity index (χ1) is 23.0. The van der Waals surface area contributed by atoms with Crippen LogP contribution in [0.3, 0.4) is 0 Å². The first-order valence-corrected chi connectivity index (χ1v) is 16.7. The lowest BCUT2D eigenvalue weighted by Crippen LogP contribution is -2.15. The molecular formula is C43H26N2OS. The van der Waals surface area contributed by atoms with Gasteiger partial charge in [0.15, 0.2) is 0 Å². The van der Waals surface area contributed by atoms with Crippen LogP contribution in [-0.2, 0) is 5.41 Å². The van der Waals surface area contributed by atoms with Crippen LogP contribution in [0.1, 0.15) is 30.5 Å². The van der Waals surface area contributed by atoms with Gasteiger partial charge in [0.1, 0.15) is 11.2 Å². The van der Waals surface area contributed by atoms with Gasteiger partial charge in [-0.2, -0.15) is 5.26 Å². The first kappa shape index (κ1) is 26.5. The first-order valence-electron chi connectivity index (χ1n) is 15.9. The van der Waals surface area contributed by atoms with E-state index in [4.69, 9.17) is 9.40 Å². The summed E-state index contributed by atoms with van der Waals surface area (Å²) in [5.74, 6) is 0. The summed E-state index contributed by atoms with van der Waals surface area (Å²) >= 11 is 1.80. The summed E-state index contributed by atoms with van der Waals surface area (Å²) in [6.07, 6.45) is 0. The number of benzene rings is 6. The molecule has 9 aromatic rings. The highest BCUT2D eigenvalue weighted by Gasteiger charge is 2.36. The molecule has 47 heavy (non-hydrogen) atoms. The number of thiophene rings is 1. The molecule has 0 atom stereocenters. The van der Waals surface area contributed by atoms with Crippen molar-refractivity contribution in [2.75, 3.05) is 0 Å². The zero-order chi connectivity index (χ0) is 31.4. The number of rotatable bonds is 2. The molecule has 0 N–H and O–H groups in total. The van der Waals surface area contributed by atoms with Crippen LogP contribution >= 0.6 is 11.3 Å². The fourth-order valence-electron chi connectivity index (χ4n) is 7.75. The van der Waals surface area contributed by atoms with Gasteiger partial charge in [0.25, 0.3) is 0 Å². The average molecular weight is 619 g/mol. The van der Waals surface area contributed by atoms with Crippen LogP contribution in [0.15, 0.2) is 126 Å². The van der Waals surface area contributed by atoms with Crippen molar-refractivity contribution in [2.45, 2.75) is 19.3 Å². The van der Waals surface area contributed by atoms with Crippen LogP contribution in [0.5, 0.6) is 0 Å². The molecule has 10 rings (SSSR count). The van der Waals surface area contributed by atoms with Gasteiger partial charge in [-0.15, -0.1) is 11.3 Å². The number of hydrogen-bond acceptors (Lipinski definition) is 4. The van der Waals surface area contributed by atoms with Gasteiger partial charge in [-0.05, 0) is 75.8 Å². The van der Waals surface area contributed by atoms with Crippen LogP contribution in [0, 0.1) is 11.3 Å². The van der Waals surface area contributed by atoms with Gasteiger partial charge >= 0.3 is 0 Å². The highest BCUT2D eigenvalue weighted by molar-refractivity contribution is 7.26. The monoisotopic (exact) mass is 618 g/mol. The van der Waals surface area contributed by atoms with Crippen molar-refractivity contribution in [2.24, 2.45) is 0 Å². The predicted octanol–water partition coefficient (Wildman–Crippen LogP) is 12.0. The summed E-state index contributed by atoms with van der Waals surface area (Å²) in [4.78, 5) is 5.50. The molecule has 1 aliphatic rings. The summed E-state index contributed by atoms with van der Waals surface area (Å²) in [5, 5.41) is 15.2. The maximum absolute atomic E-state index is 9.56. The quantitative estimate of drug-likeness (QED) is 0.194. The number of fused-ring (bicyclic) bond motifs is 12. The van der Waals surface area contributed by atoms with E-state index in [-0.39, 0.29) is 5.41 Å². The highest BCUT2D eigenvalue weighted by atomic mass is 32.1. The van der Waals surface area contributed by atoms with E-state index >= 15 is 0 Å². The molecule has 3 nitrogen and oxygen atoms in total. The smallest absolute Gasteiger partial charge is 0.147 e. The van der Waals surface area contributed by atoms with Gasteiger partial charge in [-0.3, -0.25) is 0 Å². The Morgan fingerprint density at radius 3 is 2.26 bits per heavy atom. The Kier molecular flexibility index (Phi) is 5.28. The molecule has 220 valence electrons. The van der Waals surface area contributed by atoms with Crippen LogP contribution in [0.2, 0.25) is 0 Å². The van der Waals surface area contributed by atoms with Crippen LogP contribution in [0.4, 0.5) is 0 Å². The average Bonchev–Trinajstić information content (AvgIpc) is 3.76. The predicted molar refractivity (Wildman–Crippen MR) is 195 cm³/mol. The normalized spacial score (nSPS) is 13.5. The Balaban J connectivity index is 1.20. The minimum atomic E-state index is -0.206. The third-order valence-electron chi connectivity index (χ3n) is 10.1. The van der Waals surface area contributed by atoms with Gasteiger partial charge in [-0.25, -0.2) is 4.98 Å². The summed E-state index contributed by atoms with van der Waals surface area (Å²) in [7, 11) is 0. The fourth-order valence-corrected chi connectivity index (χ4v) is 8.94. The number of hydrogen-bond donors (Lipinski definition) is 0. The van der Waals surface area contributed by atoms with Gasteiger partial charge in [0, 0.05) is 37.2 Å². The van der Waals surface area contributed by atoms with Crippen molar-refractivity contribution >= 4 is 64.4 Å². The molecule has 6 aromatic carbocycles. The summed E-state index contributed by atoms with van der Waals surface area (Å²) in [6.45, 7) is 4.51. The molecule has 0 spiro atoms. The molecular weight excluding hydrogens is 593 g/mol. The second kappa shape index (κ2) is 9.39. The van der Waals surface area contributed by atoms with Gasteiger partial charge in [0.2, 0.25) is 0 Å². The Hall–Kier alpha value is -5.76. The molecule has 0 fully saturated rings. The molecule has 3 heterocycles. The minimum Gasteiger partial charge on any atom is -0.455 e. The lowest BCUT2D eigenvalue weighted by molar-refractivity contribution is 0.660. The summed E-state index contributed by atoms with van der Waals surface area (Å²) in [5.41, 5.74) is 12.4. The highest BCUT2D eigenvalue weighted by Crippen LogP contribution is 2.50. The van der Waals surface area contributed by atoms with Crippen molar-refractivity contribution in [3.8, 4) is 39.6 Å². The number of aromatic nitrogens is 1. The maximum Gasteiger partial charge on any atom is 0.147 e. The SMILES string of the molecule is CC1(C)c2cc(C#N)ccc2-c2ccc(-c3cccc(-c4nc5c(ccc6c7ccccc7sc65)c5oc6ccccc6c45)c3)cc21. The summed E-state index contributed by atoms with van der Waals surface area (Å²) in [6, 6.07) is 45.2. The van der Waals surface area contributed by atoms with E-state index in [1.54, 1.807) is 11.3 Å². The molecule has 0 bridgehead atoms. The third-order valence-corrected chi connectivity index (χ3v) is 11.3. The van der Waals surface area contributed by atoms with Gasteiger partial charge < -0.3 is 4.42 Å². The number of nitriles is 1. The molecule has 0 aliphatic heterocycles. The minimum absolute atomic E-state index is 0.206. The topological polar surface area (TPSA) is 49.8 Å². The largest absolute Gasteiger partial charge is 0.455 e. The zero-order valence-electron chi connectivity index (χ0n) is 25.8. The van der Waals surface area contributed by atoms with Crippen molar-refractivity contribution in [3.05, 3.63) is 138 Å². The third kappa shape index (κ3) is 3.63. The lowest BCUT2D eigenvalue weighted by atomic mass is 9.81. The Morgan fingerprint density at radius 2 is 1.38 bits per heavy atom. The fraction of sp³-hybridized carbons (Fsp3) is 0.0698. The Labute approximate surface area is 275 Å². The zero-order valence-corrected chi connectivity index (χ0v) is 26.6. The van der Waals surface area contributed by atoms with Crippen LogP contribution < -0.4 is 0 Å². The van der Waals surface area contributed by atoms with Gasteiger partial charge in [-0.1, -0.05) is 92.7 Å². The molecule has 1 aliphatic carbocycles. The molecule has 0 amide bonds. The van der Waals surface area contributed by atoms with E-state index in [0.29, 0.717) is 5.56 Å². The molecule has 0 unspecified atom stereocenters. The van der Waals surface area contributed by atoms with Gasteiger partial charge in [0.05, 0.1) is 32.9 Å². The Bertz CT molecular complexity index is 2850. The van der Waals surface area contributed by atoms with E-state index in [0.717, 1.165) is 55.2 Å². The van der Waals surface area contributed by atoms with Crippen LogP contribution in [0.25, 0.3) is 86.5 Å². The second-order valence-corrected chi connectivity index (χ2v) is 14.1. The number of pyridine rings is 1. The van der Waals surface area contributed by atoms with Crippen molar-refractivity contribution in [1.82, 2.24) is 4.98 Å². The number of furan rings is 1. The van der Waals surface area contributed by atoms with E-state index in [2.05, 4.69) is 123 Å². The van der Waals surface area contributed by atoms with E-state index in [9.17, 15) is 5.26 Å². The second-order valence-electron chi connectivity index (χ2n) is 13.0. The van der Waals surface area contributed by atoms with E-state index in [1.807, 2.05) is 18.2 Å². The van der Waals surface area contributed by atoms with Crippen molar-refractivity contribution < 1.29 is 4.42 Å². The molecule has 0 saturated carbocycles. The van der Waals surface area contributed by atoms with Crippen LogP contribution in [-0.4, -0.2) is 4.98 Å². The molecule has 4 heteroatoms. The number of nitrogens with zero attached hydrogens (tertiary/aromatic N) is 2. The standard InChI is InChI=1S/C43H26N2OS/c1-43(2)34-20-24(23-44)14-16-28(34)29-17-15-26(22-35(29)43)25-8-7-9-27(21-25)39-38-32-11-3-5-12-36(32)46-41(38)33-19-18-31-30-10-4-6-13-37(30)47-42(31)40(33)45-39/h3-22H,1-2H3. The Morgan fingerprint density at radius 1 is 0.660 bits per heavy atom. The molecule has 3 aromatic heterocycles. The van der Waals surface area contributed by atoms with Crippen molar-refractivity contribution in [1.29, 1.82) is 5.26 Å². The molecule has 0 radical (unpaired) electrons. The maximum atomic E-state index is 9.56. The number of para-hydroxylation sites is 1. The van der Waals surface area contributed by atoms with Crippen molar-refractivity contribution in [3.63, 3.8) is 0 Å². The molecule has 0 saturated heterocycles. The van der Waals surface area contributed by atoms with E-state index < -0.39 is 0 Å².